The third kappa shape index (κ3) is 3.39. The van der Waals surface area contributed by atoms with E-state index < -0.39 is 5.41 Å². The van der Waals surface area contributed by atoms with Gasteiger partial charge in [-0.25, -0.2) is 0 Å². The quantitative estimate of drug-likeness (QED) is 0.575. The molecule has 1 amide bonds. The lowest BCUT2D eigenvalue weighted by Gasteiger charge is -2.30. The summed E-state index contributed by atoms with van der Waals surface area (Å²) in [6.45, 7) is 8.55. The Labute approximate surface area is 114 Å². The van der Waals surface area contributed by atoms with E-state index in [0.29, 0.717) is 19.0 Å². The van der Waals surface area contributed by atoms with Gasteiger partial charge in [-0.15, -0.1) is 18.2 Å². The third-order valence-electron chi connectivity index (χ3n) is 2.95. The van der Waals surface area contributed by atoms with Crippen molar-refractivity contribution in [2.24, 2.45) is 12.5 Å². The smallest absolute Gasteiger partial charge is 0.230 e. The van der Waals surface area contributed by atoms with Crippen LogP contribution >= 0.6 is 11.6 Å². The molecular formula is C14H21ClN2O. The second-order valence-corrected chi connectivity index (χ2v) is 5.37. The largest absolute Gasteiger partial charge is 0.353 e. The molecule has 0 radical (unpaired) electrons. The van der Waals surface area contributed by atoms with Gasteiger partial charge in [0, 0.05) is 31.4 Å². The van der Waals surface area contributed by atoms with E-state index in [1.165, 1.54) is 0 Å². The Bertz CT molecular complexity index is 423. The number of hydrogen-bond donors (Lipinski definition) is 0. The Morgan fingerprint density at radius 1 is 1.61 bits per heavy atom. The molecule has 18 heavy (non-hydrogen) atoms. The molecular weight excluding hydrogens is 248 g/mol. The molecule has 1 rings (SSSR count). The Morgan fingerprint density at radius 2 is 2.28 bits per heavy atom. The van der Waals surface area contributed by atoms with Crippen LogP contribution in [0.25, 0.3) is 0 Å². The van der Waals surface area contributed by atoms with Gasteiger partial charge in [0.25, 0.3) is 0 Å². The van der Waals surface area contributed by atoms with E-state index in [2.05, 4.69) is 6.58 Å². The van der Waals surface area contributed by atoms with Crippen molar-refractivity contribution in [3.63, 3.8) is 0 Å². The lowest BCUT2D eigenvalue weighted by Crippen LogP contribution is -2.41. The van der Waals surface area contributed by atoms with Crippen LogP contribution in [0.1, 0.15) is 19.5 Å². The monoisotopic (exact) mass is 268 g/mol. The van der Waals surface area contributed by atoms with E-state index in [1.807, 2.05) is 43.8 Å². The van der Waals surface area contributed by atoms with Crippen molar-refractivity contribution in [1.29, 1.82) is 0 Å². The van der Waals surface area contributed by atoms with Gasteiger partial charge in [-0.2, -0.15) is 0 Å². The maximum atomic E-state index is 12.4. The molecule has 0 fully saturated rings. The zero-order chi connectivity index (χ0) is 13.8. The number of carbonyl (C=O) groups is 1. The summed E-state index contributed by atoms with van der Waals surface area (Å²) >= 11 is 5.87. The molecule has 1 heterocycles. The Hall–Kier alpha value is -1.22. The summed E-state index contributed by atoms with van der Waals surface area (Å²) in [5.74, 6) is 0.366. The molecule has 4 heteroatoms. The van der Waals surface area contributed by atoms with Crippen LogP contribution in [0, 0.1) is 5.41 Å². The van der Waals surface area contributed by atoms with Crippen LogP contribution in [0.2, 0.25) is 0 Å². The molecule has 0 N–H and O–H groups in total. The molecule has 0 unspecified atom stereocenters. The van der Waals surface area contributed by atoms with Crippen LogP contribution in [0.4, 0.5) is 0 Å². The van der Waals surface area contributed by atoms with Gasteiger partial charge in [-0.3, -0.25) is 4.79 Å². The summed E-state index contributed by atoms with van der Waals surface area (Å²) in [6, 6.07) is 3.98. The van der Waals surface area contributed by atoms with Gasteiger partial charge in [0.15, 0.2) is 0 Å². The standard InChI is InChI=1S/C14H21ClN2O/c1-5-8-17(13(18)14(2,3)11-15)10-12-7-6-9-16(12)4/h5-7,9H,1,8,10-11H2,2-4H3. The maximum Gasteiger partial charge on any atom is 0.230 e. The van der Waals surface area contributed by atoms with Gasteiger partial charge in [0.1, 0.15) is 0 Å². The van der Waals surface area contributed by atoms with Crippen LogP contribution in [-0.4, -0.2) is 27.8 Å². The second kappa shape index (κ2) is 6.10. The predicted octanol–water partition coefficient (Wildman–Crippen LogP) is 2.80. The lowest BCUT2D eigenvalue weighted by atomic mass is 9.94. The summed E-state index contributed by atoms with van der Waals surface area (Å²) in [6.07, 6.45) is 3.71. The zero-order valence-corrected chi connectivity index (χ0v) is 12.1. The highest BCUT2D eigenvalue weighted by molar-refractivity contribution is 6.19. The lowest BCUT2D eigenvalue weighted by molar-refractivity contribution is -0.139. The van der Waals surface area contributed by atoms with E-state index in [0.717, 1.165) is 5.69 Å². The minimum Gasteiger partial charge on any atom is -0.353 e. The summed E-state index contributed by atoms with van der Waals surface area (Å²) in [5.41, 5.74) is 0.547. The average Bonchev–Trinajstić information content (AvgIpc) is 2.73. The summed E-state index contributed by atoms with van der Waals surface area (Å²) in [5, 5.41) is 0. The topological polar surface area (TPSA) is 25.2 Å². The molecule has 0 aliphatic carbocycles. The van der Waals surface area contributed by atoms with Crippen molar-refractivity contribution in [3.8, 4) is 0 Å². The van der Waals surface area contributed by atoms with E-state index in [4.69, 9.17) is 11.6 Å². The molecule has 0 saturated carbocycles. The van der Waals surface area contributed by atoms with Crippen molar-refractivity contribution in [3.05, 3.63) is 36.7 Å². The predicted molar refractivity (Wildman–Crippen MR) is 75.5 cm³/mol. The second-order valence-electron chi connectivity index (χ2n) is 5.10. The maximum absolute atomic E-state index is 12.4. The molecule has 0 spiro atoms. The molecule has 0 aliphatic heterocycles. The van der Waals surface area contributed by atoms with Gasteiger partial charge in [-0.05, 0) is 26.0 Å². The van der Waals surface area contributed by atoms with Crippen molar-refractivity contribution < 1.29 is 4.79 Å². The fourth-order valence-electron chi connectivity index (χ4n) is 1.72. The van der Waals surface area contributed by atoms with Crippen molar-refractivity contribution in [2.75, 3.05) is 12.4 Å². The fraction of sp³-hybridized carbons (Fsp3) is 0.500. The first-order valence-corrected chi connectivity index (χ1v) is 6.52. The molecule has 0 aliphatic rings. The number of alkyl halides is 1. The van der Waals surface area contributed by atoms with Gasteiger partial charge in [0.05, 0.1) is 12.0 Å². The van der Waals surface area contributed by atoms with Gasteiger partial charge in [0.2, 0.25) is 5.91 Å². The Kier molecular flexibility index (Phi) is 5.03. The number of halogens is 1. The number of aromatic nitrogens is 1. The third-order valence-corrected chi connectivity index (χ3v) is 3.62. The molecule has 1 aromatic heterocycles. The van der Waals surface area contributed by atoms with Gasteiger partial charge in [-0.1, -0.05) is 6.08 Å². The molecule has 1 aromatic rings. The fourth-order valence-corrected chi connectivity index (χ4v) is 1.83. The SMILES string of the molecule is C=CCN(Cc1cccn1C)C(=O)C(C)(C)CCl. The number of amides is 1. The summed E-state index contributed by atoms with van der Waals surface area (Å²) in [7, 11) is 1.97. The number of nitrogens with zero attached hydrogens (tertiary/aromatic N) is 2. The molecule has 0 saturated heterocycles. The highest BCUT2D eigenvalue weighted by Gasteiger charge is 2.30. The van der Waals surface area contributed by atoms with Crippen LogP contribution in [0.3, 0.4) is 0 Å². The molecule has 0 aromatic carbocycles. The van der Waals surface area contributed by atoms with Crippen molar-refractivity contribution in [2.45, 2.75) is 20.4 Å². The molecule has 100 valence electrons. The van der Waals surface area contributed by atoms with E-state index >= 15 is 0 Å². The van der Waals surface area contributed by atoms with Crippen LogP contribution in [-0.2, 0) is 18.4 Å². The summed E-state index contributed by atoms with van der Waals surface area (Å²) in [4.78, 5) is 14.2. The van der Waals surface area contributed by atoms with Crippen LogP contribution in [0.5, 0.6) is 0 Å². The number of rotatable bonds is 6. The van der Waals surface area contributed by atoms with Crippen molar-refractivity contribution in [1.82, 2.24) is 9.47 Å². The molecule has 0 atom stereocenters. The minimum atomic E-state index is -0.546. The first-order chi connectivity index (χ1) is 8.42. The van der Waals surface area contributed by atoms with E-state index in [1.54, 1.807) is 11.0 Å². The Balaban J connectivity index is 2.86. The first kappa shape index (κ1) is 14.8. The zero-order valence-electron chi connectivity index (χ0n) is 11.3. The number of carbonyl (C=O) groups excluding carboxylic acids is 1. The first-order valence-electron chi connectivity index (χ1n) is 5.99. The van der Waals surface area contributed by atoms with Gasteiger partial charge < -0.3 is 9.47 Å². The van der Waals surface area contributed by atoms with Crippen LogP contribution < -0.4 is 0 Å². The molecule has 0 bridgehead atoms. The number of hydrogen-bond acceptors (Lipinski definition) is 1. The van der Waals surface area contributed by atoms with E-state index in [9.17, 15) is 4.79 Å². The highest BCUT2D eigenvalue weighted by Crippen LogP contribution is 2.22. The normalized spacial score (nSPS) is 11.3. The van der Waals surface area contributed by atoms with Gasteiger partial charge >= 0.3 is 0 Å². The Morgan fingerprint density at radius 3 is 2.72 bits per heavy atom. The average molecular weight is 269 g/mol. The summed E-state index contributed by atoms with van der Waals surface area (Å²) < 4.78 is 2.01. The highest BCUT2D eigenvalue weighted by atomic mass is 35.5. The number of aryl methyl sites for hydroxylation is 1. The van der Waals surface area contributed by atoms with Crippen molar-refractivity contribution >= 4 is 17.5 Å². The van der Waals surface area contributed by atoms with E-state index in [-0.39, 0.29) is 5.91 Å². The molecule has 3 nitrogen and oxygen atoms in total. The van der Waals surface area contributed by atoms with Crippen LogP contribution in [0.15, 0.2) is 31.0 Å². The minimum absolute atomic E-state index is 0.0543.